The third kappa shape index (κ3) is 3.96. The summed E-state index contributed by atoms with van der Waals surface area (Å²) in [5, 5.41) is 9.49. The first-order valence-corrected chi connectivity index (χ1v) is 6.86. The van der Waals surface area contributed by atoms with Crippen molar-refractivity contribution in [1.29, 1.82) is 0 Å². The van der Waals surface area contributed by atoms with Gasteiger partial charge in [-0.25, -0.2) is 0 Å². The number of ether oxygens (including phenoxy) is 1. The lowest BCUT2D eigenvalue weighted by Gasteiger charge is -2.31. The summed E-state index contributed by atoms with van der Waals surface area (Å²) in [6.45, 7) is 4.01. The fourth-order valence-corrected chi connectivity index (χ4v) is 2.33. The molecule has 1 N–H and O–H groups in total. The van der Waals surface area contributed by atoms with E-state index in [-0.39, 0.29) is 12.1 Å². The van der Waals surface area contributed by atoms with Crippen LogP contribution in [0.15, 0.2) is 24.3 Å². The van der Waals surface area contributed by atoms with Crippen LogP contribution in [0.25, 0.3) is 0 Å². The molecular weight excluding hydrogens is 242 g/mol. The second kappa shape index (κ2) is 6.57. The number of hydrogen-bond donors (Lipinski definition) is 1. The highest BCUT2D eigenvalue weighted by Gasteiger charge is 2.17. The van der Waals surface area contributed by atoms with Crippen LogP contribution >= 0.6 is 0 Å². The number of aliphatic hydroxyl groups excluding tert-OH is 1. The Morgan fingerprint density at radius 1 is 1.32 bits per heavy atom. The molecule has 0 unspecified atom stereocenters. The van der Waals surface area contributed by atoms with Gasteiger partial charge < -0.3 is 14.7 Å². The van der Waals surface area contributed by atoms with Crippen LogP contribution in [0.1, 0.15) is 25.3 Å². The van der Waals surface area contributed by atoms with Crippen LogP contribution in [0.3, 0.4) is 0 Å². The van der Waals surface area contributed by atoms with Gasteiger partial charge in [-0.05, 0) is 37.5 Å². The van der Waals surface area contributed by atoms with Gasteiger partial charge in [0.15, 0.2) is 0 Å². The summed E-state index contributed by atoms with van der Waals surface area (Å²) in [6.07, 6.45) is 1.82. The average molecular weight is 263 g/mol. The first kappa shape index (κ1) is 13.9. The van der Waals surface area contributed by atoms with Crippen molar-refractivity contribution in [2.75, 3.05) is 24.6 Å². The van der Waals surface area contributed by atoms with E-state index < -0.39 is 0 Å². The molecule has 19 heavy (non-hydrogen) atoms. The molecule has 2 rings (SSSR count). The van der Waals surface area contributed by atoms with Crippen LogP contribution in [0, 0.1) is 0 Å². The zero-order valence-electron chi connectivity index (χ0n) is 11.3. The maximum Gasteiger partial charge on any atom is 0.310 e. The van der Waals surface area contributed by atoms with Crippen LogP contribution in [0.2, 0.25) is 0 Å². The molecule has 0 aromatic heterocycles. The Kier molecular flexibility index (Phi) is 4.80. The third-order valence-corrected chi connectivity index (χ3v) is 3.42. The molecule has 1 heterocycles. The van der Waals surface area contributed by atoms with Crippen molar-refractivity contribution in [2.24, 2.45) is 0 Å². The van der Waals surface area contributed by atoms with Crippen molar-refractivity contribution in [3.05, 3.63) is 29.8 Å². The molecule has 0 spiro atoms. The zero-order valence-corrected chi connectivity index (χ0v) is 11.3. The van der Waals surface area contributed by atoms with Gasteiger partial charge in [-0.1, -0.05) is 12.1 Å². The summed E-state index contributed by atoms with van der Waals surface area (Å²) >= 11 is 0. The maximum atomic E-state index is 11.4. The molecule has 1 saturated heterocycles. The van der Waals surface area contributed by atoms with E-state index in [2.05, 4.69) is 4.90 Å². The fraction of sp³-hybridized carbons (Fsp3) is 0.533. The molecule has 0 bridgehead atoms. The molecule has 4 nitrogen and oxygen atoms in total. The molecule has 0 amide bonds. The average Bonchev–Trinajstić information content (AvgIpc) is 2.41. The van der Waals surface area contributed by atoms with E-state index in [1.165, 1.54) is 0 Å². The van der Waals surface area contributed by atoms with Gasteiger partial charge in [-0.15, -0.1) is 0 Å². The van der Waals surface area contributed by atoms with Gasteiger partial charge >= 0.3 is 5.97 Å². The number of piperidine rings is 1. The quantitative estimate of drug-likeness (QED) is 0.841. The van der Waals surface area contributed by atoms with Gasteiger partial charge in [0.05, 0.1) is 19.1 Å². The smallest absolute Gasteiger partial charge is 0.310 e. The van der Waals surface area contributed by atoms with Crippen LogP contribution in [0.4, 0.5) is 5.69 Å². The number of carbonyl (C=O) groups is 1. The number of carbonyl (C=O) groups excluding carboxylic acids is 1. The summed E-state index contributed by atoms with van der Waals surface area (Å²) < 4.78 is 4.93. The van der Waals surface area contributed by atoms with E-state index in [0.29, 0.717) is 13.0 Å². The summed E-state index contributed by atoms with van der Waals surface area (Å²) in [5.41, 5.74) is 2.12. The number of benzene rings is 1. The Bertz CT molecular complexity index is 408. The number of nitrogens with zero attached hydrogens (tertiary/aromatic N) is 1. The monoisotopic (exact) mass is 263 g/mol. The Labute approximate surface area is 114 Å². The molecule has 1 aromatic carbocycles. The maximum absolute atomic E-state index is 11.4. The number of hydrogen-bond acceptors (Lipinski definition) is 4. The number of rotatable bonds is 4. The van der Waals surface area contributed by atoms with E-state index in [1.807, 2.05) is 31.2 Å². The number of aliphatic hydroxyl groups is 1. The van der Waals surface area contributed by atoms with Crippen molar-refractivity contribution in [1.82, 2.24) is 0 Å². The minimum Gasteiger partial charge on any atom is -0.466 e. The van der Waals surface area contributed by atoms with Crippen LogP contribution < -0.4 is 4.90 Å². The van der Waals surface area contributed by atoms with E-state index >= 15 is 0 Å². The van der Waals surface area contributed by atoms with Crippen molar-refractivity contribution >= 4 is 11.7 Å². The van der Waals surface area contributed by atoms with Gasteiger partial charge in [0.25, 0.3) is 0 Å². The second-order valence-corrected chi connectivity index (χ2v) is 4.87. The summed E-state index contributed by atoms with van der Waals surface area (Å²) in [7, 11) is 0. The Morgan fingerprint density at radius 2 is 1.95 bits per heavy atom. The Hall–Kier alpha value is -1.55. The minimum atomic E-state index is -0.184. The van der Waals surface area contributed by atoms with Gasteiger partial charge in [0, 0.05) is 18.8 Å². The molecule has 104 valence electrons. The zero-order chi connectivity index (χ0) is 13.7. The summed E-state index contributed by atoms with van der Waals surface area (Å²) in [4.78, 5) is 13.6. The molecule has 1 aromatic rings. The van der Waals surface area contributed by atoms with Crippen LogP contribution in [-0.2, 0) is 16.0 Å². The van der Waals surface area contributed by atoms with Gasteiger partial charge in [0.2, 0.25) is 0 Å². The van der Waals surface area contributed by atoms with Crippen molar-refractivity contribution in [3.8, 4) is 0 Å². The first-order valence-electron chi connectivity index (χ1n) is 6.86. The molecule has 1 aliphatic rings. The largest absolute Gasteiger partial charge is 0.466 e. The molecule has 4 heteroatoms. The highest BCUT2D eigenvalue weighted by Crippen LogP contribution is 2.20. The standard InChI is InChI=1S/C15H21NO3/c1-2-19-15(18)11-12-3-5-13(6-4-12)16-9-7-14(17)8-10-16/h3-6,14,17H,2,7-11H2,1H3. The third-order valence-electron chi connectivity index (χ3n) is 3.42. The molecular formula is C15H21NO3. The molecule has 1 aliphatic heterocycles. The van der Waals surface area contributed by atoms with E-state index in [0.717, 1.165) is 37.2 Å². The lowest BCUT2D eigenvalue weighted by atomic mass is 10.1. The normalized spacial score (nSPS) is 16.4. The fourth-order valence-electron chi connectivity index (χ4n) is 2.33. The van der Waals surface area contributed by atoms with Crippen molar-refractivity contribution in [2.45, 2.75) is 32.3 Å². The molecule has 0 atom stereocenters. The lowest BCUT2D eigenvalue weighted by molar-refractivity contribution is -0.142. The summed E-state index contributed by atoms with van der Waals surface area (Å²) in [6, 6.07) is 8.01. The van der Waals surface area contributed by atoms with E-state index in [4.69, 9.17) is 4.74 Å². The molecule has 0 radical (unpaired) electrons. The highest BCUT2D eigenvalue weighted by molar-refractivity contribution is 5.72. The van der Waals surface area contributed by atoms with Crippen LogP contribution in [0.5, 0.6) is 0 Å². The summed E-state index contributed by atoms with van der Waals surface area (Å²) in [5.74, 6) is -0.184. The van der Waals surface area contributed by atoms with Crippen molar-refractivity contribution < 1.29 is 14.6 Å². The van der Waals surface area contributed by atoms with Crippen LogP contribution in [-0.4, -0.2) is 36.9 Å². The number of anilines is 1. The first-order chi connectivity index (χ1) is 9.19. The second-order valence-electron chi connectivity index (χ2n) is 4.87. The van der Waals surface area contributed by atoms with E-state index in [9.17, 15) is 9.90 Å². The predicted molar refractivity (Wildman–Crippen MR) is 74.2 cm³/mol. The van der Waals surface area contributed by atoms with Gasteiger partial charge in [-0.3, -0.25) is 4.79 Å². The number of esters is 1. The predicted octanol–water partition coefficient (Wildman–Crippen LogP) is 1.75. The highest BCUT2D eigenvalue weighted by atomic mass is 16.5. The topological polar surface area (TPSA) is 49.8 Å². The Morgan fingerprint density at radius 3 is 2.53 bits per heavy atom. The SMILES string of the molecule is CCOC(=O)Cc1ccc(N2CCC(O)CC2)cc1. The molecule has 0 saturated carbocycles. The molecule has 0 aliphatic carbocycles. The van der Waals surface area contributed by atoms with E-state index in [1.54, 1.807) is 0 Å². The Balaban J connectivity index is 1.92. The van der Waals surface area contributed by atoms with Crippen molar-refractivity contribution in [3.63, 3.8) is 0 Å². The minimum absolute atomic E-state index is 0.153. The molecule has 1 fully saturated rings. The lowest BCUT2D eigenvalue weighted by Crippen LogP contribution is -2.35. The van der Waals surface area contributed by atoms with Gasteiger partial charge in [-0.2, -0.15) is 0 Å². The van der Waals surface area contributed by atoms with Gasteiger partial charge in [0.1, 0.15) is 0 Å².